The highest BCUT2D eigenvalue weighted by molar-refractivity contribution is 7.90. The van der Waals surface area contributed by atoms with Gasteiger partial charge in [0.25, 0.3) is 0 Å². The molecule has 0 saturated carbocycles. The number of nitrogens with one attached hydrogen (secondary N) is 1. The summed E-state index contributed by atoms with van der Waals surface area (Å²) in [6, 6.07) is 5.87. The van der Waals surface area contributed by atoms with Gasteiger partial charge in [0, 0.05) is 31.2 Å². The number of hydrogen-bond donors (Lipinski definition) is 1. The summed E-state index contributed by atoms with van der Waals surface area (Å²) in [5.41, 5.74) is 1.67. The van der Waals surface area contributed by atoms with Crippen LogP contribution in [-0.4, -0.2) is 33.9 Å². The van der Waals surface area contributed by atoms with Gasteiger partial charge in [-0.1, -0.05) is 6.07 Å². The maximum absolute atomic E-state index is 11.8. The Labute approximate surface area is 127 Å². The Balaban J connectivity index is 2.02. The zero-order chi connectivity index (χ0) is 15.5. The van der Waals surface area contributed by atoms with Gasteiger partial charge in [0.15, 0.2) is 9.84 Å². The van der Waals surface area contributed by atoms with E-state index >= 15 is 0 Å². The fourth-order valence-corrected chi connectivity index (χ4v) is 3.91. The number of hydrogen-bond acceptors (Lipinski definition) is 4. The van der Waals surface area contributed by atoms with Crippen molar-refractivity contribution >= 4 is 15.5 Å². The summed E-state index contributed by atoms with van der Waals surface area (Å²) < 4.78 is 28.9. The Morgan fingerprint density at radius 1 is 1.33 bits per heavy atom. The largest absolute Gasteiger partial charge is 0.383 e. The van der Waals surface area contributed by atoms with Crippen molar-refractivity contribution in [3.8, 4) is 0 Å². The van der Waals surface area contributed by atoms with Crippen LogP contribution in [0.1, 0.15) is 31.7 Å². The average molecular weight is 311 g/mol. The van der Waals surface area contributed by atoms with Gasteiger partial charge in [0.05, 0.1) is 4.90 Å². The van der Waals surface area contributed by atoms with E-state index in [1.54, 1.807) is 6.07 Å². The lowest BCUT2D eigenvalue weighted by molar-refractivity contribution is 0.0629. The number of anilines is 1. The molecule has 0 aliphatic carbocycles. The van der Waals surface area contributed by atoms with E-state index in [4.69, 9.17) is 4.74 Å². The highest BCUT2D eigenvalue weighted by Crippen LogP contribution is 2.24. The lowest BCUT2D eigenvalue weighted by Crippen LogP contribution is -2.24. The lowest BCUT2D eigenvalue weighted by atomic mass is 9.93. The van der Waals surface area contributed by atoms with E-state index in [9.17, 15) is 8.42 Å². The first-order chi connectivity index (χ1) is 9.86. The standard InChI is InChI=1S/C16H25NO3S/c1-12-4-5-15(11-16(12)21(3,18)19)17-13(2)10-14-6-8-20-9-7-14/h4-5,11,13-14,17H,6-10H2,1-3H3. The fourth-order valence-electron chi connectivity index (χ4n) is 2.91. The van der Waals surface area contributed by atoms with Crippen LogP contribution < -0.4 is 5.32 Å². The molecule has 1 N–H and O–H groups in total. The molecule has 1 unspecified atom stereocenters. The first kappa shape index (κ1) is 16.3. The Morgan fingerprint density at radius 2 is 2.00 bits per heavy atom. The molecule has 0 amide bonds. The Kier molecular flexibility index (Phi) is 5.27. The molecule has 0 spiro atoms. The van der Waals surface area contributed by atoms with Gasteiger partial charge in [-0.25, -0.2) is 8.42 Å². The van der Waals surface area contributed by atoms with E-state index in [0.717, 1.165) is 43.7 Å². The predicted molar refractivity (Wildman–Crippen MR) is 85.5 cm³/mol. The summed E-state index contributed by atoms with van der Waals surface area (Å²) in [6.07, 6.45) is 4.58. The Bertz CT molecular complexity index is 577. The molecule has 4 nitrogen and oxygen atoms in total. The molecule has 1 aliphatic rings. The molecule has 5 heteroatoms. The average Bonchev–Trinajstić information content (AvgIpc) is 2.41. The van der Waals surface area contributed by atoms with E-state index in [1.165, 1.54) is 6.26 Å². The summed E-state index contributed by atoms with van der Waals surface area (Å²) in [6.45, 7) is 5.70. The van der Waals surface area contributed by atoms with Crippen molar-refractivity contribution in [2.75, 3.05) is 24.8 Å². The van der Waals surface area contributed by atoms with Gasteiger partial charge in [-0.3, -0.25) is 0 Å². The summed E-state index contributed by atoms with van der Waals surface area (Å²) in [7, 11) is -3.18. The second kappa shape index (κ2) is 6.79. The van der Waals surface area contributed by atoms with Crippen molar-refractivity contribution in [2.45, 2.75) is 44.0 Å². The molecule has 0 bridgehead atoms. The quantitative estimate of drug-likeness (QED) is 0.908. The van der Waals surface area contributed by atoms with Crippen LogP contribution in [0.15, 0.2) is 23.1 Å². The molecule has 1 atom stereocenters. The topological polar surface area (TPSA) is 55.4 Å². The molecule has 1 aromatic carbocycles. The highest BCUT2D eigenvalue weighted by Gasteiger charge is 2.17. The van der Waals surface area contributed by atoms with Crippen molar-refractivity contribution in [3.63, 3.8) is 0 Å². The van der Waals surface area contributed by atoms with E-state index in [2.05, 4.69) is 12.2 Å². The number of rotatable bonds is 5. The molecule has 1 fully saturated rings. The van der Waals surface area contributed by atoms with Crippen molar-refractivity contribution in [1.29, 1.82) is 0 Å². The van der Waals surface area contributed by atoms with Crippen LogP contribution in [0, 0.1) is 12.8 Å². The Hall–Kier alpha value is -1.07. The van der Waals surface area contributed by atoms with Gasteiger partial charge in [0.2, 0.25) is 0 Å². The number of aryl methyl sites for hydroxylation is 1. The zero-order valence-electron chi connectivity index (χ0n) is 13.1. The van der Waals surface area contributed by atoms with Crippen molar-refractivity contribution in [2.24, 2.45) is 5.92 Å². The number of ether oxygens (including phenoxy) is 1. The van der Waals surface area contributed by atoms with Gasteiger partial charge in [-0.15, -0.1) is 0 Å². The first-order valence-corrected chi connectivity index (χ1v) is 9.40. The van der Waals surface area contributed by atoms with Crippen molar-refractivity contribution in [1.82, 2.24) is 0 Å². The van der Waals surface area contributed by atoms with E-state index in [1.807, 2.05) is 19.1 Å². The third-order valence-corrected chi connectivity index (χ3v) is 5.27. The smallest absolute Gasteiger partial charge is 0.175 e. The van der Waals surface area contributed by atoms with Gasteiger partial charge < -0.3 is 10.1 Å². The van der Waals surface area contributed by atoms with Gasteiger partial charge >= 0.3 is 0 Å². The van der Waals surface area contributed by atoms with E-state index in [-0.39, 0.29) is 0 Å². The molecule has 0 radical (unpaired) electrons. The third kappa shape index (κ3) is 4.71. The first-order valence-electron chi connectivity index (χ1n) is 7.51. The second-order valence-corrected chi connectivity index (χ2v) is 8.07. The summed E-state index contributed by atoms with van der Waals surface area (Å²) in [5.74, 6) is 0.695. The lowest BCUT2D eigenvalue weighted by Gasteiger charge is -2.26. The molecular weight excluding hydrogens is 286 g/mol. The van der Waals surface area contributed by atoms with Crippen molar-refractivity contribution < 1.29 is 13.2 Å². The van der Waals surface area contributed by atoms with Crippen LogP contribution in [0.5, 0.6) is 0 Å². The molecule has 1 saturated heterocycles. The van der Waals surface area contributed by atoms with E-state index < -0.39 is 9.84 Å². The third-order valence-electron chi connectivity index (χ3n) is 4.03. The predicted octanol–water partition coefficient (Wildman–Crippen LogP) is 3.02. The molecule has 2 rings (SSSR count). The summed E-state index contributed by atoms with van der Waals surface area (Å²) in [4.78, 5) is 0.408. The van der Waals surface area contributed by atoms with Crippen molar-refractivity contribution in [3.05, 3.63) is 23.8 Å². The molecule has 1 heterocycles. The Morgan fingerprint density at radius 3 is 2.62 bits per heavy atom. The highest BCUT2D eigenvalue weighted by atomic mass is 32.2. The van der Waals surface area contributed by atoms with Crippen LogP contribution in [0.4, 0.5) is 5.69 Å². The maximum atomic E-state index is 11.8. The monoisotopic (exact) mass is 311 g/mol. The minimum absolute atomic E-state index is 0.322. The minimum Gasteiger partial charge on any atom is -0.383 e. The van der Waals surface area contributed by atoms with Crippen LogP contribution in [0.3, 0.4) is 0 Å². The SMILES string of the molecule is Cc1ccc(NC(C)CC2CCOCC2)cc1S(C)(=O)=O. The van der Waals surface area contributed by atoms with E-state index in [0.29, 0.717) is 16.9 Å². The maximum Gasteiger partial charge on any atom is 0.175 e. The van der Waals surface area contributed by atoms with Crippen LogP contribution in [-0.2, 0) is 14.6 Å². The zero-order valence-corrected chi connectivity index (χ0v) is 13.9. The molecule has 118 valence electrons. The molecular formula is C16H25NO3S. The van der Waals surface area contributed by atoms with Gasteiger partial charge in [0.1, 0.15) is 0 Å². The summed E-state index contributed by atoms with van der Waals surface area (Å²) >= 11 is 0. The normalized spacial score (nSPS) is 18.4. The number of sulfone groups is 1. The molecule has 0 aromatic heterocycles. The van der Waals surface area contributed by atoms with Crippen LogP contribution in [0.2, 0.25) is 0 Å². The fraction of sp³-hybridized carbons (Fsp3) is 0.625. The minimum atomic E-state index is -3.18. The van der Waals surface area contributed by atoms with Gasteiger partial charge in [-0.2, -0.15) is 0 Å². The summed E-state index contributed by atoms with van der Waals surface area (Å²) in [5, 5.41) is 3.42. The van der Waals surface area contributed by atoms with Crippen LogP contribution >= 0.6 is 0 Å². The molecule has 1 aliphatic heterocycles. The number of benzene rings is 1. The molecule has 21 heavy (non-hydrogen) atoms. The second-order valence-electron chi connectivity index (χ2n) is 6.09. The molecule has 1 aromatic rings. The van der Waals surface area contributed by atoms with Crippen LogP contribution in [0.25, 0.3) is 0 Å². The van der Waals surface area contributed by atoms with Gasteiger partial charge in [-0.05, 0) is 56.7 Å².